The second-order valence-electron chi connectivity index (χ2n) is 3.77. The van der Waals surface area contributed by atoms with Crippen molar-refractivity contribution in [1.82, 2.24) is 5.16 Å². The molecule has 0 unspecified atom stereocenters. The van der Waals surface area contributed by atoms with Crippen LogP contribution < -0.4 is 0 Å². The molecule has 2 aromatic rings. The monoisotopic (exact) mass is 285 g/mol. The van der Waals surface area contributed by atoms with E-state index >= 15 is 0 Å². The summed E-state index contributed by atoms with van der Waals surface area (Å²) >= 11 is 0. The summed E-state index contributed by atoms with van der Waals surface area (Å²) in [6.45, 7) is 0. The lowest BCUT2D eigenvalue weighted by molar-refractivity contribution is 0.0652. The Balaban J connectivity index is 2.69. The lowest BCUT2D eigenvalue weighted by Gasteiger charge is -2.05. The second kappa shape index (κ2) is 4.47. The van der Waals surface area contributed by atoms with Crippen LogP contribution in [0.5, 0.6) is 0 Å². The molecule has 1 aromatic heterocycles. The van der Waals surface area contributed by atoms with Crippen molar-refractivity contribution >= 4 is 15.8 Å². The van der Waals surface area contributed by atoms with E-state index < -0.39 is 32.3 Å². The molecule has 100 valence electrons. The van der Waals surface area contributed by atoms with Gasteiger partial charge in [-0.3, -0.25) is 0 Å². The van der Waals surface area contributed by atoms with E-state index in [0.29, 0.717) is 0 Å². The Hall–Kier alpha value is -2.22. The van der Waals surface area contributed by atoms with Crippen molar-refractivity contribution in [3.63, 3.8) is 0 Å². The van der Waals surface area contributed by atoms with Crippen molar-refractivity contribution in [2.45, 2.75) is 4.90 Å². The smallest absolute Gasteiger partial charge is 0.374 e. The average Bonchev–Trinajstić information content (AvgIpc) is 2.75. The predicted octanol–water partition coefficient (Wildman–Crippen LogP) is 1.58. The zero-order valence-electron chi connectivity index (χ0n) is 9.62. The van der Waals surface area contributed by atoms with Gasteiger partial charge in [-0.05, 0) is 6.07 Å². The van der Waals surface area contributed by atoms with Crippen molar-refractivity contribution in [3.05, 3.63) is 35.8 Å². The van der Waals surface area contributed by atoms with Gasteiger partial charge < -0.3 is 9.63 Å². The zero-order valence-corrected chi connectivity index (χ0v) is 10.4. The number of aromatic nitrogens is 1. The maximum absolute atomic E-state index is 13.6. The molecule has 0 saturated carbocycles. The van der Waals surface area contributed by atoms with Gasteiger partial charge in [0.25, 0.3) is 0 Å². The van der Waals surface area contributed by atoms with Crippen LogP contribution in [0.4, 0.5) is 4.39 Å². The number of carboxylic acid groups (broad SMARTS) is 1. The summed E-state index contributed by atoms with van der Waals surface area (Å²) in [5, 5.41) is 12.1. The van der Waals surface area contributed by atoms with Crippen LogP contribution in [0, 0.1) is 5.82 Å². The molecule has 1 N–H and O–H groups in total. The SMILES string of the molecule is CS(=O)(=O)c1c(F)cccc1-c1cc(C(=O)O)on1. The van der Waals surface area contributed by atoms with Crippen LogP contribution >= 0.6 is 0 Å². The highest BCUT2D eigenvalue weighted by atomic mass is 32.2. The van der Waals surface area contributed by atoms with Gasteiger partial charge in [0.1, 0.15) is 16.4 Å². The summed E-state index contributed by atoms with van der Waals surface area (Å²) in [5.41, 5.74) is -0.101. The second-order valence-corrected chi connectivity index (χ2v) is 5.72. The summed E-state index contributed by atoms with van der Waals surface area (Å²) in [4.78, 5) is 10.1. The van der Waals surface area contributed by atoms with Crippen molar-refractivity contribution < 1.29 is 27.2 Å². The molecule has 0 atom stereocenters. The third kappa shape index (κ3) is 2.48. The molecule has 2 rings (SSSR count). The maximum Gasteiger partial charge on any atom is 0.374 e. The molecule has 1 aromatic carbocycles. The molecule has 19 heavy (non-hydrogen) atoms. The number of aromatic carboxylic acids is 1. The molecule has 0 saturated heterocycles. The predicted molar refractivity (Wildman–Crippen MR) is 62.0 cm³/mol. The number of halogens is 1. The standard InChI is InChI=1S/C11H8FNO5S/c1-19(16,17)10-6(3-2-4-7(10)12)8-5-9(11(14)15)18-13-8/h2-5H,1H3,(H,14,15). The van der Waals surface area contributed by atoms with Gasteiger partial charge in [-0.2, -0.15) is 0 Å². The Bertz CT molecular complexity index is 750. The topological polar surface area (TPSA) is 97.5 Å². The summed E-state index contributed by atoms with van der Waals surface area (Å²) < 4.78 is 41.3. The van der Waals surface area contributed by atoms with Gasteiger partial charge in [-0.1, -0.05) is 17.3 Å². The van der Waals surface area contributed by atoms with Gasteiger partial charge in [0.2, 0.25) is 5.76 Å². The largest absolute Gasteiger partial charge is 0.475 e. The summed E-state index contributed by atoms with van der Waals surface area (Å²) in [6, 6.07) is 4.65. The van der Waals surface area contributed by atoms with Crippen LogP contribution in [0.2, 0.25) is 0 Å². The van der Waals surface area contributed by atoms with Gasteiger partial charge in [0.15, 0.2) is 9.84 Å². The van der Waals surface area contributed by atoms with Crippen LogP contribution in [-0.4, -0.2) is 30.9 Å². The lowest BCUT2D eigenvalue weighted by atomic mass is 10.1. The van der Waals surface area contributed by atoms with E-state index in [1.165, 1.54) is 12.1 Å². The quantitative estimate of drug-likeness (QED) is 0.919. The number of hydrogen-bond acceptors (Lipinski definition) is 5. The van der Waals surface area contributed by atoms with Crippen molar-refractivity contribution in [1.29, 1.82) is 0 Å². The van der Waals surface area contributed by atoms with E-state index in [4.69, 9.17) is 5.11 Å². The third-order valence-corrected chi connectivity index (χ3v) is 3.49. The van der Waals surface area contributed by atoms with E-state index in [9.17, 15) is 17.6 Å². The zero-order chi connectivity index (χ0) is 14.2. The maximum atomic E-state index is 13.6. The summed E-state index contributed by atoms with van der Waals surface area (Å²) in [7, 11) is -3.83. The molecule has 0 fully saturated rings. The molecule has 0 aliphatic heterocycles. The molecule has 0 aliphatic rings. The first kappa shape index (κ1) is 13.2. The molecule has 1 heterocycles. The van der Waals surface area contributed by atoms with Gasteiger partial charge in [0.05, 0.1) is 0 Å². The number of benzene rings is 1. The van der Waals surface area contributed by atoms with Gasteiger partial charge >= 0.3 is 5.97 Å². The fraction of sp³-hybridized carbons (Fsp3) is 0.0909. The lowest BCUT2D eigenvalue weighted by Crippen LogP contribution is -2.03. The molecule has 0 aliphatic carbocycles. The van der Waals surface area contributed by atoms with Crippen molar-refractivity contribution in [2.75, 3.05) is 6.26 Å². The van der Waals surface area contributed by atoms with E-state index in [-0.39, 0.29) is 11.3 Å². The highest BCUT2D eigenvalue weighted by Crippen LogP contribution is 2.29. The van der Waals surface area contributed by atoms with E-state index in [1.807, 2.05) is 0 Å². The minimum Gasteiger partial charge on any atom is -0.475 e. The number of carboxylic acids is 1. The molecule has 0 radical (unpaired) electrons. The van der Waals surface area contributed by atoms with Gasteiger partial charge in [-0.25, -0.2) is 17.6 Å². The number of carbonyl (C=O) groups is 1. The first-order valence-corrected chi connectivity index (χ1v) is 6.89. The number of hydrogen-bond donors (Lipinski definition) is 1. The Morgan fingerprint density at radius 2 is 2.11 bits per heavy atom. The van der Waals surface area contributed by atoms with Crippen molar-refractivity contribution in [3.8, 4) is 11.3 Å². The van der Waals surface area contributed by atoms with Crippen LogP contribution in [0.1, 0.15) is 10.6 Å². The molecule has 6 nitrogen and oxygen atoms in total. The first-order chi connectivity index (χ1) is 8.80. The summed E-state index contributed by atoms with van der Waals surface area (Å²) in [6.07, 6.45) is 0.854. The Morgan fingerprint density at radius 3 is 2.63 bits per heavy atom. The number of nitrogens with zero attached hydrogens (tertiary/aromatic N) is 1. The Labute approximate surface area is 107 Å². The third-order valence-electron chi connectivity index (χ3n) is 2.33. The van der Waals surface area contributed by atoms with Gasteiger partial charge in [0, 0.05) is 17.9 Å². The number of sulfone groups is 1. The van der Waals surface area contributed by atoms with E-state index in [1.54, 1.807) is 0 Å². The molecular weight excluding hydrogens is 277 g/mol. The Morgan fingerprint density at radius 1 is 1.42 bits per heavy atom. The molecule has 0 amide bonds. The van der Waals surface area contributed by atoms with Crippen LogP contribution in [0.3, 0.4) is 0 Å². The van der Waals surface area contributed by atoms with Crippen molar-refractivity contribution in [2.24, 2.45) is 0 Å². The van der Waals surface area contributed by atoms with Crippen LogP contribution in [0.15, 0.2) is 33.7 Å². The minimum absolute atomic E-state index is 0.0428. The average molecular weight is 285 g/mol. The van der Waals surface area contributed by atoms with E-state index in [2.05, 4.69) is 9.68 Å². The minimum atomic E-state index is -3.83. The fourth-order valence-electron chi connectivity index (χ4n) is 1.59. The molecule has 8 heteroatoms. The van der Waals surface area contributed by atoms with Crippen LogP contribution in [-0.2, 0) is 9.84 Å². The highest BCUT2D eigenvalue weighted by Gasteiger charge is 2.22. The van der Waals surface area contributed by atoms with Crippen LogP contribution in [0.25, 0.3) is 11.3 Å². The number of rotatable bonds is 3. The molecule has 0 spiro atoms. The summed E-state index contributed by atoms with van der Waals surface area (Å²) in [5.74, 6) is -2.74. The molecular formula is C11H8FNO5S. The van der Waals surface area contributed by atoms with E-state index in [0.717, 1.165) is 18.4 Å². The fourth-order valence-corrected chi connectivity index (χ4v) is 2.58. The normalized spacial score (nSPS) is 11.5. The Kier molecular flexibility index (Phi) is 3.11. The highest BCUT2D eigenvalue weighted by molar-refractivity contribution is 7.90. The van der Waals surface area contributed by atoms with Gasteiger partial charge in [-0.15, -0.1) is 0 Å². The first-order valence-electron chi connectivity index (χ1n) is 4.99. The molecule has 0 bridgehead atoms.